The molecule has 5 rings (SSSR count). The summed E-state index contributed by atoms with van der Waals surface area (Å²) in [5, 5.41) is 0. The fraction of sp³-hybridized carbons (Fsp3) is 0.400. The molecule has 3 aromatic rings. The molecule has 37 heavy (non-hydrogen) atoms. The van der Waals surface area contributed by atoms with Gasteiger partial charge in [-0.3, -0.25) is 4.79 Å². The van der Waals surface area contributed by atoms with Gasteiger partial charge in [-0.25, -0.2) is 0 Å². The number of hydrogen-bond acceptors (Lipinski definition) is 1. The number of hydrogen-bond donors (Lipinski definition) is 0. The molecule has 0 radical (unpaired) electrons. The number of benzene rings is 3. The van der Waals surface area contributed by atoms with Crippen molar-refractivity contribution in [1.82, 2.24) is 0 Å². The summed E-state index contributed by atoms with van der Waals surface area (Å²) in [6, 6.07) is 25.0. The summed E-state index contributed by atoms with van der Waals surface area (Å²) in [6.45, 7) is 3.18. The lowest BCUT2D eigenvalue weighted by atomic mass is 9.92. The second-order valence-corrected chi connectivity index (χ2v) is 11.9. The molecule has 192 valence electrons. The summed E-state index contributed by atoms with van der Waals surface area (Å²) in [4.78, 5) is 13.4. The highest BCUT2D eigenvalue weighted by atomic mass is 16.1. The molecule has 1 saturated carbocycles. The molecule has 0 bridgehead atoms. The fourth-order valence-electron chi connectivity index (χ4n) is 6.27. The third kappa shape index (κ3) is 6.30. The molecule has 0 N–H and O–H groups in total. The lowest BCUT2D eigenvalue weighted by Crippen LogP contribution is -2.48. The summed E-state index contributed by atoms with van der Waals surface area (Å²) in [5.41, 5.74) is 9.73. The summed E-state index contributed by atoms with van der Waals surface area (Å²) in [6.07, 6.45) is 12.4. The standard InChI is InChI=1S/C35H42NO/c1-26-12-18-30(19-13-26)31-21-20-29-8-7-9-32(24-33(29)23-31)35(37)22-27-14-16-28(17-15-27)25-36(2,3)34-10-5-4-6-11-34/h12-21,23-24,34H,4-11,22,25H2,1-3H3/q+1. The van der Waals surface area contributed by atoms with Crippen molar-refractivity contribution in [3.63, 3.8) is 0 Å². The van der Waals surface area contributed by atoms with Gasteiger partial charge in [0.25, 0.3) is 0 Å². The zero-order valence-electron chi connectivity index (χ0n) is 22.9. The van der Waals surface area contributed by atoms with Gasteiger partial charge >= 0.3 is 0 Å². The molecule has 0 spiro atoms. The van der Waals surface area contributed by atoms with Crippen molar-refractivity contribution >= 4 is 11.9 Å². The summed E-state index contributed by atoms with van der Waals surface area (Å²) in [7, 11) is 4.77. The Morgan fingerprint density at radius 3 is 2.19 bits per heavy atom. The molecule has 2 aliphatic rings. The SMILES string of the molecule is Cc1ccc(-c2ccc3c(c2)C=C(C(=O)Cc2ccc(C[N+](C)(C)C4CCCCC4)cc2)CCC3)cc1. The first kappa shape index (κ1) is 25.7. The highest BCUT2D eigenvalue weighted by molar-refractivity contribution is 6.01. The van der Waals surface area contributed by atoms with Crippen molar-refractivity contribution in [2.75, 3.05) is 14.1 Å². The number of Topliss-reactive ketones (excluding diaryl/α,β-unsaturated/α-hetero) is 1. The minimum absolute atomic E-state index is 0.264. The predicted molar refractivity (Wildman–Crippen MR) is 155 cm³/mol. The van der Waals surface area contributed by atoms with Gasteiger partial charge in [-0.15, -0.1) is 0 Å². The smallest absolute Gasteiger partial charge is 0.163 e. The van der Waals surface area contributed by atoms with E-state index in [1.807, 2.05) is 0 Å². The average molecular weight is 493 g/mol. The van der Waals surface area contributed by atoms with E-state index in [0.717, 1.165) is 47.5 Å². The number of aryl methyl sites for hydroxylation is 2. The van der Waals surface area contributed by atoms with Gasteiger partial charge in [-0.2, -0.15) is 0 Å². The summed E-state index contributed by atoms with van der Waals surface area (Å²) in [5.74, 6) is 0.264. The minimum Gasteiger partial charge on any atom is -0.322 e. The van der Waals surface area contributed by atoms with Crippen LogP contribution in [-0.4, -0.2) is 30.4 Å². The molecule has 2 heteroatoms. The highest BCUT2D eigenvalue weighted by Gasteiger charge is 2.29. The molecule has 0 heterocycles. The van der Waals surface area contributed by atoms with Crippen LogP contribution in [0.15, 0.2) is 72.3 Å². The van der Waals surface area contributed by atoms with Crippen LogP contribution in [0.4, 0.5) is 0 Å². The number of allylic oxidation sites excluding steroid dienone is 1. The maximum absolute atomic E-state index is 13.4. The first-order valence-electron chi connectivity index (χ1n) is 14.2. The van der Waals surface area contributed by atoms with Crippen LogP contribution in [0.2, 0.25) is 0 Å². The molecule has 2 nitrogen and oxygen atoms in total. The van der Waals surface area contributed by atoms with Crippen LogP contribution in [0.5, 0.6) is 0 Å². The molecule has 0 saturated heterocycles. The van der Waals surface area contributed by atoms with Crippen molar-refractivity contribution in [2.45, 2.75) is 77.3 Å². The van der Waals surface area contributed by atoms with E-state index in [2.05, 4.69) is 93.8 Å². The third-order valence-corrected chi connectivity index (χ3v) is 8.65. The number of carbonyl (C=O) groups excluding carboxylic acids is 1. The van der Waals surface area contributed by atoms with Gasteiger partial charge in [0.05, 0.1) is 20.1 Å². The molecule has 0 atom stereocenters. The Hall–Kier alpha value is -2.97. The lowest BCUT2D eigenvalue weighted by molar-refractivity contribution is -0.929. The maximum Gasteiger partial charge on any atom is 0.163 e. The maximum atomic E-state index is 13.4. The molecule has 0 aliphatic heterocycles. The van der Waals surface area contributed by atoms with Crippen LogP contribution >= 0.6 is 0 Å². The van der Waals surface area contributed by atoms with Gasteiger partial charge in [0.1, 0.15) is 6.54 Å². The van der Waals surface area contributed by atoms with Crippen LogP contribution in [0.3, 0.4) is 0 Å². The van der Waals surface area contributed by atoms with Crippen molar-refractivity contribution in [1.29, 1.82) is 0 Å². The Bertz CT molecular complexity index is 1260. The monoisotopic (exact) mass is 492 g/mol. The van der Waals surface area contributed by atoms with Crippen LogP contribution < -0.4 is 0 Å². The Balaban J connectivity index is 1.27. The Kier molecular flexibility index (Phi) is 7.76. The third-order valence-electron chi connectivity index (χ3n) is 8.65. The fourth-order valence-corrected chi connectivity index (χ4v) is 6.27. The predicted octanol–water partition coefficient (Wildman–Crippen LogP) is 8.10. The van der Waals surface area contributed by atoms with Gasteiger partial charge in [-0.1, -0.05) is 72.6 Å². The molecular formula is C35H42NO+. The van der Waals surface area contributed by atoms with Crippen molar-refractivity contribution in [2.24, 2.45) is 0 Å². The molecule has 0 amide bonds. The second-order valence-electron chi connectivity index (χ2n) is 11.9. The van der Waals surface area contributed by atoms with E-state index in [4.69, 9.17) is 0 Å². The lowest BCUT2D eigenvalue weighted by Gasteiger charge is -2.40. The first-order valence-corrected chi connectivity index (χ1v) is 14.2. The Labute approximate surface area is 223 Å². The molecule has 0 aromatic heterocycles. The van der Waals surface area contributed by atoms with Gasteiger partial charge in [-0.05, 0) is 97.4 Å². The Morgan fingerprint density at radius 2 is 1.46 bits per heavy atom. The number of quaternary nitrogens is 1. The van der Waals surface area contributed by atoms with Crippen LogP contribution in [0.25, 0.3) is 17.2 Å². The summed E-state index contributed by atoms with van der Waals surface area (Å²) >= 11 is 0. The van der Waals surface area contributed by atoms with Crippen molar-refractivity contribution < 1.29 is 9.28 Å². The van der Waals surface area contributed by atoms with E-state index in [1.54, 1.807) is 0 Å². The summed E-state index contributed by atoms with van der Waals surface area (Å²) < 4.78 is 1.06. The van der Waals surface area contributed by atoms with Crippen molar-refractivity contribution in [3.8, 4) is 11.1 Å². The van der Waals surface area contributed by atoms with E-state index in [1.165, 1.54) is 65.5 Å². The number of carbonyl (C=O) groups is 1. The topological polar surface area (TPSA) is 17.1 Å². The molecule has 2 aliphatic carbocycles. The number of fused-ring (bicyclic) bond motifs is 1. The largest absolute Gasteiger partial charge is 0.322 e. The van der Waals surface area contributed by atoms with E-state index < -0.39 is 0 Å². The zero-order valence-corrected chi connectivity index (χ0v) is 22.9. The molecule has 0 unspecified atom stereocenters. The minimum atomic E-state index is 0.264. The van der Waals surface area contributed by atoms with Crippen LogP contribution in [0, 0.1) is 6.92 Å². The zero-order chi connectivity index (χ0) is 25.8. The number of ketones is 1. The first-order chi connectivity index (χ1) is 17.9. The Morgan fingerprint density at radius 1 is 0.784 bits per heavy atom. The van der Waals surface area contributed by atoms with Crippen LogP contribution in [0.1, 0.15) is 72.8 Å². The van der Waals surface area contributed by atoms with E-state index in [0.29, 0.717) is 6.42 Å². The number of nitrogens with zero attached hydrogens (tertiary/aromatic N) is 1. The van der Waals surface area contributed by atoms with Gasteiger partial charge < -0.3 is 4.48 Å². The van der Waals surface area contributed by atoms with E-state index in [-0.39, 0.29) is 5.78 Å². The van der Waals surface area contributed by atoms with Gasteiger partial charge in [0.2, 0.25) is 0 Å². The molecule has 1 fully saturated rings. The highest BCUT2D eigenvalue weighted by Crippen LogP contribution is 2.30. The normalized spacial score (nSPS) is 16.6. The number of rotatable bonds is 7. The average Bonchev–Trinajstić information content (AvgIpc) is 3.13. The van der Waals surface area contributed by atoms with E-state index in [9.17, 15) is 4.79 Å². The molecular weight excluding hydrogens is 450 g/mol. The van der Waals surface area contributed by atoms with Gasteiger partial charge in [0, 0.05) is 12.0 Å². The van der Waals surface area contributed by atoms with Crippen molar-refractivity contribution in [3.05, 3.63) is 100 Å². The van der Waals surface area contributed by atoms with E-state index >= 15 is 0 Å². The van der Waals surface area contributed by atoms with Crippen LogP contribution in [-0.2, 0) is 24.2 Å². The van der Waals surface area contributed by atoms with Gasteiger partial charge in [0.15, 0.2) is 5.78 Å². The molecule has 3 aromatic carbocycles. The second kappa shape index (κ2) is 11.2. The quantitative estimate of drug-likeness (QED) is 0.305.